The van der Waals surface area contributed by atoms with Crippen LogP contribution in [0.4, 0.5) is 4.79 Å². The lowest BCUT2D eigenvalue weighted by Gasteiger charge is -2.33. The van der Waals surface area contributed by atoms with Crippen LogP contribution in [-0.4, -0.2) is 57.8 Å². The first-order chi connectivity index (χ1) is 13.9. The molecule has 158 valence electrons. The van der Waals surface area contributed by atoms with E-state index in [1.165, 1.54) is 5.56 Å². The molecular formula is C22H32N4O3. The van der Waals surface area contributed by atoms with Gasteiger partial charge < -0.3 is 19.4 Å². The van der Waals surface area contributed by atoms with Gasteiger partial charge in [-0.25, -0.2) is 14.8 Å². The fourth-order valence-corrected chi connectivity index (χ4v) is 4.35. The van der Waals surface area contributed by atoms with Gasteiger partial charge in [-0.05, 0) is 70.4 Å². The van der Waals surface area contributed by atoms with Crippen LogP contribution < -0.4 is 0 Å². The van der Waals surface area contributed by atoms with E-state index >= 15 is 0 Å². The highest BCUT2D eigenvalue weighted by Gasteiger charge is 2.29. The highest BCUT2D eigenvalue weighted by molar-refractivity contribution is 5.75. The molecule has 7 heteroatoms. The molecule has 2 fully saturated rings. The molecule has 2 aliphatic rings. The molecule has 0 aliphatic carbocycles. The van der Waals surface area contributed by atoms with E-state index in [9.17, 15) is 4.79 Å². The van der Waals surface area contributed by atoms with Gasteiger partial charge in [-0.2, -0.15) is 0 Å². The van der Waals surface area contributed by atoms with Crippen molar-refractivity contribution in [1.29, 1.82) is 0 Å². The van der Waals surface area contributed by atoms with Gasteiger partial charge in [0.25, 0.3) is 0 Å². The number of carbonyl (C=O) groups excluding carboxylic acids is 1. The molecule has 1 atom stereocenters. The predicted octanol–water partition coefficient (Wildman–Crippen LogP) is 4.36. The summed E-state index contributed by atoms with van der Waals surface area (Å²) in [5, 5.41) is 0. The fourth-order valence-electron chi connectivity index (χ4n) is 4.35. The van der Waals surface area contributed by atoms with E-state index in [1.807, 2.05) is 31.9 Å². The van der Waals surface area contributed by atoms with E-state index in [0.717, 1.165) is 62.3 Å². The molecule has 2 aromatic heterocycles. The van der Waals surface area contributed by atoms with Gasteiger partial charge in [0.05, 0.1) is 0 Å². The third kappa shape index (κ3) is 4.71. The second-order valence-corrected chi connectivity index (χ2v) is 9.20. The number of piperidine rings is 1. The first-order valence-corrected chi connectivity index (χ1v) is 10.8. The lowest BCUT2D eigenvalue weighted by Crippen LogP contribution is -2.41. The van der Waals surface area contributed by atoms with Crippen molar-refractivity contribution < 1.29 is 14.3 Å². The Kier molecular flexibility index (Phi) is 5.76. The number of nitrogens with zero attached hydrogens (tertiary/aromatic N) is 3. The number of hydrogen-bond donors (Lipinski definition) is 1. The minimum absolute atomic E-state index is 0.214. The zero-order valence-corrected chi connectivity index (χ0v) is 17.7. The summed E-state index contributed by atoms with van der Waals surface area (Å²) >= 11 is 0. The molecular weight excluding hydrogens is 368 g/mol. The number of amides is 1. The quantitative estimate of drug-likeness (QED) is 0.810. The van der Waals surface area contributed by atoms with Gasteiger partial charge in [-0.1, -0.05) is 0 Å². The van der Waals surface area contributed by atoms with Crippen molar-refractivity contribution in [1.82, 2.24) is 19.9 Å². The average molecular weight is 401 g/mol. The van der Waals surface area contributed by atoms with Gasteiger partial charge in [0.1, 0.15) is 16.9 Å². The molecule has 7 nitrogen and oxygen atoms in total. The summed E-state index contributed by atoms with van der Waals surface area (Å²) in [6.45, 7) is 8.77. The number of likely N-dealkylation sites (tertiary alicyclic amines) is 1. The number of nitrogens with one attached hydrogen (secondary N) is 1. The van der Waals surface area contributed by atoms with Gasteiger partial charge in [0, 0.05) is 38.4 Å². The first kappa shape index (κ1) is 20.1. The summed E-state index contributed by atoms with van der Waals surface area (Å²) in [5.41, 5.74) is 2.64. The molecule has 29 heavy (non-hydrogen) atoms. The minimum Gasteiger partial charge on any atom is -0.444 e. The molecule has 1 N–H and O–H groups in total. The Morgan fingerprint density at radius 1 is 1.17 bits per heavy atom. The van der Waals surface area contributed by atoms with Crippen molar-refractivity contribution in [2.24, 2.45) is 0 Å². The predicted molar refractivity (Wildman–Crippen MR) is 111 cm³/mol. The molecule has 4 rings (SSSR count). The third-order valence-corrected chi connectivity index (χ3v) is 5.86. The summed E-state index contributed by atoms with van der Waals surface area (Å²) < 4.78 is 11.1. The van der Waals surface area contributed by atoms with Crippen molar-refractivity contribution in [2.75, 3.05) is 26.3 Å². The standard InChI is InChI=1S/C22H32N4O3/c1-22(2,3)29-21(27)26-11-7-15(8-12-26)17-6-10-23-20-18(17)24-19(25-20)16-5-4-13-28-14-9-16/h6,10,15-16H,4-5,7-9,11-14H2,1-3H3,(H,23,24,25)/t16-/m1/s1. The highest BCUT2D eigenvalue weighted by Crippen LogP contribution is 2.34. The van der Waals surface area contributed by atoms with Crippen molar-refractivity contribution in [3.8, 4) is 0 Å². The smallest absolute Gasteiger partial charge is 0.410 e. The number of H-pyrrole nitrogens is 1. The van der Waals surface area contributed by atoms with Gasteiger partial charge in [0.2, 0.25) is 0 Å². The molecule has 0 unspecified atom stereocenters. The first-order valence-electron chi connectivity index (χ1n) is 10.8. The normalized spacial score (nSPS) is 21.9. The Morgan fingerprint density at radius 2 is 1.97 bits per heavy atom. The monoisotopic (exact) mass is 400 g/mol. The van der Waals surface area contributed by atoms with Crippen LogP contribution in [0.1, 0.15) is 76.1 Å². The molecule has 2 aliphatic heterocycles. The summed E-state index contributed by atoms with van der Waals surface area (Å²) in [7, 11) is 0. The van der Waals surface area contributed by atoms with Crippen molar-refractivity contribution in [2.45, 2.75) is 70.3 Å². The Labute approximate surface area is 172 Å². The number of hydrogen-bond acceptors (Lipinski definition) is 5. The van der Waals surface area contributed by atoms with Crippen LogP contribution in [0.15, 0.2) is 12.3 Å². The maximum atomic E-state index is 12.3. The van der Waals surface area contributed by atoms with Gasteiger partial charge in [-0.3, -0.25) is 0 Å². The van der Waals surface area contributed by atoms with Crippen LogP contribution in [0.25, 0.3) is 11.2 Å². The maximum absolute atomic E-state index is 12.3. The average Bonchev–Trinajstić information content (AvgIpc) is 2.93. The van der Waals surface area contributed by atoms with E-state index in [4.69, 9.17) is 14.5 Å². The number of fused-ring (bicyclic) bond motifs is 1. The van der Waals surface area contributed by atoms with Crippen LogP contribution in [-0.2, 0) is 9.47 Å². The second-order valence-electron chi connectivity index (χ2n) is 9.20. The number of ether oxygens (including phenoxy) is 2. The van der Waals surface area contributed by atoms with Crippen LogP contribution in [0.5, 0.6) is 0 Å². The molecule has 0 radical (unpaired) electrons. The topological polar surface area (TPSA) is 80.3 Å². The number of rotatable bonds is 2. The zero-order valence-electron chi connectivity index (χ0n) is 17.7. The van der Waals surface area contributed by atoms with Crippen LogP contribution in [0.3, 0.4) is 0 Å². The Hall–Kier alpha value is -2.15. The van der Waals surface area contributed by atoms with Crippen molar-refractivity contribution >= 4 is 17.3 Å². The lowest BCUT2D eigenvalue weighted by molar-refractivity contribution is 0.0205. The maximum Gasteiger partial charge on any atom is 0.410 e. The summed E-state index contributed by atoms with van der Waals surface area (Å²) in [5.74, 6) is 1.83. The van der Waals surface area contributed by atoms with E-state index in [0.29, 0.717) is 24.9 Å². The van der Waals surface area contributed by atoms with Crippen molar-refractivity contribution in [3.63, 3.8) is 0 Å². The summed E-state index contributed by atoms with van der Waals surface area (Å²) in [6, 6.07) is 2.09. The molecule has 1 amide bonds. The third-order valence-electron chi connectivity index (χ3n) is 5.86. The number of imidazole rings is 1. The fraction of sp³-hybridized carbons (Fsp3) is 0.682. The molecule has 2 saturated heterocycles. The lowest BCUT2D eigenvalue weighted by atomic mass is 9.89. The SMILES string of the molecule is CC(C)(C)OC(=O)N1CCC(c2ccnc3[nH]c([C@@H]4CCCOCC4)nc23)CC1. The van der Waals surface area contributed by atoms with Crippen LogP contribution in [0, 0.1) is 0 Å². The Morgan fingerprint density at radius 3 is 2.72 bits per heavy atom. The van der Waals surface area contributed by atoms with E-state index in [2.05, 4.69) is 16.0 Å². The van der Waals surface area contributed by atoms with Crippen LogP contribution >= 0.6 is 0 Å². The summed E-state index contributed by atoms with van der Waals surface area (Å²) in [4.78, 5) is 27.1. The largest absolute Gasteiger partial charge is 0.444 e. The highest BCUT2D eigenvalue weighted by atomic mass is 16.6. The Bertz CT molecular complexity index is 841. The molecule has 0 bridgehead atoms. The molecule has 4 heterocycles. The molecule has 0 aromatic carbocycles. The molecule has 2 aromatic rings. The zero-order chi connectivity index (χ0) is 20.4. The van der Waals surface area contributed by atoms with Gasteiger partial charge >= 0.3 is 6.09 Å². The number of carbonyl (C=O) groups is 1. The van der Waals surface area contributed by atoms with Gasteiger partial charge in [-0.15, -0.1) is 0 Å². The Balaban J connectivity index is 1.48. The van der Waals surface area contributed by atoms with E-state index in [-0.39, 0.29) is 6.09 Å². The molecule has 0 saturated carbocycles. The number of aromatic amines is 1. The minimum atomic E-state index is -0.459. The van der Waals surface area contributed by atoms with E-state index < -0.39 is 5.60 Å². The van der Waals surface area contributed by atoms with Crippen LogP contribution in [0.2, 0.25) is 0 Å². The second kappa shape index (κ2) is 8.30. The van der Waals surface area contributed by atoms with E-state index in [1.54, 1.807) is 0 Å². The number of pyridine rings is 1. The number of aromatic nitrogens is 3. The van der Waals surface area contributed by atoms with Gasteiger partial charge in [0.15, 0.2) is 5.65 Å². The van der Waals surface area contributed by atoms with Crippen molar-refractivity contribution in [3.05, 3.63) is 23.7 Å². The molecule has 0 spiro atoms. The summed E-state index contributed by atoms with van der Waals surface area (Å²) in [6.07, 6.45) is 6.66.